The highest BCUT2D eigenvalue weighted by Gasteiger charge is 2.44. The number of fused-ring (bicyclic) bond motifs is 3. The minimum Gasteiger partial charge on any atom is -0.339 e. The maximum Gasteiger partial charge on any atom is 0.255 e. The molecule has 1 amide bonds. The second kappa shape index (κ2) is 11.0. The van der Waals surface area contributed by atoms with E-state index in [1.807, 2.05) is 17.0 Å². The van der Waals surface area contributed by atoms with E-state index in [0.29, 0.717) is 29.3 Å². The van der Waals surface area contributed by atoms with E-state index >= 15 is 0 Å². The van der Waals surface area contributed by atoms with Gasteiger partial charge in [-0.25, -0.2) is 4.98 Å². The van der Waals surface area contributed by atoms with Crippen LogP contribution in [0.25, 0.3) is 11.0 Å². The summed E-state index contributed by atoms with van der Waals surface area (Å²) in [5.41, 5.74) is 4.82. The Balaban J connectivity index is 1.07. The van der Waals surface area contributed by atoms with Gasteiger partial charge in [-0.05, 0) is 93.7 Å². The molecule has 42 heavy (non-hydrogen) atoms. The number of hydrogen-bond donors (Lipinski definition) is 0. The molecule has 214 valence electrons. The molecule has 0 N–H and O–H groups in total. The lowest BCUT2D eigenvalue weighted by Gasteiger charge is -2.45. The summed E-state index contributed by atoms with van der Waals surface area (Å²) in [7, 11) is 0. The molecule has 6 heteroatoms. The van der Waals surface area contributed by atoms with Crippen molar-refractivity contribution < 1.29 is 4.79 Å². The number of carbonyl (C=O) groups is 1. The zero-order valence-corrected chi connectivity index (χ0v) is 24.5. The van der Waals surface area contributed by atoms with E-state index in [-0.39, 0.29) is 11.3 Å². The Kier molecular flexibility index (Phi) is 7.07. The Morgan fingerprint density at radius 3 is 2.31 bits per heavy atom. The average Bonchev–Trinajstić information content (AvgIpc) is 3.50. The Morgan fingerprint density at radius 1 is 0.905 bits per heavy atom. The fourth-order valence-electron chi connectivity index (χ4n) is 8.34. The van der Waals surface area contributed by atoms with Gasteiger partial charge < -0.3 is 9.47 Å². The van der Waals surface area contributed by atoms with Crippen LogP contribution < -0.4 is 0 Å². The first-order valence-electron chi connectivity index (χ1n) is 15.6. The molecule has 0 aliphatic carbocycles. The van der Waals surface area contributed by atoms with Crippen molar-refractivity contribution in [3.05, 3.63) is 101 Å². The molecule has 3 fully saturated rings. The molecule has 3 aliphatic heterocycles. The molecule has 2 bridgehead atoms. The van der Waals surface area contributed by atoms with Crippen LogP contribution >= 0.6 is 0 Å². The van der Waals surface area contributed by atoms with Crippen molar-refractivity contribution in [3.8, 4) is 6.07 Å². The molecule has 0 spiro atoms. The smallest absolute Gasteiger partial charge is 0.255 e. The van der Waals surface area contributed by atoms with Crippen molar-refractivity contribution in [1.29, 1.82) is 5.26 Å². The highest BCUT2D eigenvalue weighted by atomic mass is 16.2. The molecule has 3 saturated heterocycles. The van der Waals surface area contributed by atoms with Crippen molar-refractivity contribution in [3.63, 3.8) is 0 Å². The van der Waals surface area contributed by atoms with Gasteiger partial charge in [-0.15, -0.1) is 0 Å². The van der Waals surface area contributed by atoms with Crippen LogP contribution in [0.3, 0.4) is 0 Å². The molecule has 0 saturated carbocycles. The second-order valence-corrected chi connectivity index (χ2v) is 12.6. The van der Waals surface area contributed by atoms with Gasteiger partial charge in [0.05, 0.1) is 28.2 Å². The predicted octanol–water partition coefficient (Wildman–Crippen LogP) is 6.65. The number of aromatic nitrogens is 2. The van der Waals surface area contributed by atoms with Gasteiger partial charge in [0, 0.05) is 31.2 Å². The van der Waals surface area contributed by atoms with E-state index in [1.165, 1.54) is 36.8 Å². The summed E-state index contributed by atoms with van der Waals surface area (Å²) in [6.07, 6.45) is 7.95. The molecule has 7 rings (SSSR count). The van der Waals surface area contributed by atoms with E-state index < -0.39 is 0 Å². The van der Waals surface area contributed by atoms with Crippen LogP contribution in [0.15, 0.2) is 78.9 Å². The number of imidazole rings is 1. The number of rotatable bonds is 6. The first kappa shape index (κ1) is 26.9. The van der Waals surface area contributed by atoms with Gasteiger partial charge in [0.15, 0.2) is 0 Å². The average molecular weight is 558 g/mol. The van der Waals surface area contributed by atoms with Crippen molar-refractivity contribution >= 4 is 16.9 Å². The molecule has 1 aromatic heterocycles. The van der Waals surface area contributed by atoms with Crippen LogP contribution in [0.4, 0.5) is 0 Å². The Labute approximate surface area is 248 Å². The zero-order valence-electron chi connectivity index (χ0n) is 24.5. The van der Waals surface area contributed by atoms with E-state index in [0.717, 1.165) is 50.2 Å². The van der Waals surface area contributed by atoms with Gasteiger partial charge in [-0.2, -0.15) is 5.26 Å². The third kappa shape index (κ3) is 4.70. The molecule has 2 unspecified atom stereocenters. The van der Waals surface area contributed by atoms with Gasteiger partial charge in [-0.3, -0.25) is 9.69 Å². The molecule has 3 aromatic carbocycles. The zero-order chi connectivity index (χ0) is 28.7. The van der Waals surface area contributed by atoms with Crippen molar-refractivity contribution in [1.82, 2.24) is 19.4 Å². The second-order valence-electron chi connectivity index (χ2n) is 12.6. The number of nitrogens with zero attached hydrogens (tertiary/aromatic N) is 5. The van der Waals surface area contributed by atoms with Crippen molar-refractivity contribution in [2.45, 2.75) is 75.4 Å². The fraction of sp³-hybridized carbons (Fsp3) is 0.417. The lowest BCUT2D eigenvalue weighted by Crippen LogP contribution is -2.49. The summed E-state index contributed by atoms with van der Waals surface area (Å²) >= 11 is 0. The minimum absolute atomic E-state index is 0.0174. The van der Waals surface area contributed by atoms with Gasteiger partial charge >= 0.3 is 0 Å². The number of piperidine rings is 2. The number of amides is 1. The SMILES string of the molecule is Cc1nc2ccccc2n1C1CC2CCC(C1)N2CCC1(c2ccccc2)CCN(C(=O)c2ccccc2C#N)CC1. The number of para-hydroxylation sites is 2. The number of carbonyl (C=O) groups excluding carboxylic acids is 1. The quantitative estimate of drug-likeness (QED) is 0.266. The normalized spacial score (nSPS) is 23.6. The summed E-state index contributed by atoms with van der Waals surface area (Å²) in [4.78, 5) is 23.1. The first-order chi connectivity index (χ1) is 20.6. The van der Waals surface area contributed by atoms with Crippen LogP contribution in [-0.4, -0.2) is 57.0 Å². The molecular formula is C36H39N5O. The first-order valence-corrected chi connectivity index (χ1v) is 15.6. The lowest BCUT2D eigenvalue weighted by molar-refractivity contribution is 0.0606. The third-order valence-corrected chi connectivity index (χ3v) is 10.5. The molecule has 4 heterocycles. The Morgan fingerprint density at radius 2 is 1.57 bits per heavy atom. The van der Waals surface area contributed by atoms with E-state index in [9.17, 15) is 10.1 Å². The highest BCUT2D eigenvalue weighted by Crippen LogP contribution is 2.45. The Bertz CT molecular complexity index is 1610. The molecule has 3 aliphatic rings. The molecule has 6 nitrogen and oxygen atoms in total. The number of hydrogen-bond acceptors (Lipinski definition) is 4. The van der Waals surface area contributed by atoms with Crippen LogP contribution in [0.2, 0.25) is 0 Å². The van der Waals surface area contributed by atoms with E-state index in [2.05, 4.69) is 77.1 Å². The van der Waals surface area contributed by atoms with Crippen LogP contribution in [0.1, 0.15) is 78.3 Å². The fourth-order valence-corrected chi connectivity index (χ4v) is 8.34. The summed E-state index contributed by atoms with van der Waals surface area (Å²) in [5.74, 6) is 1.12. The standard InChI is InChI=1S/C36H39N5O/c1-26-38-33-13-7-8-14-34(33)41(26)31-23-29-15-16-30(24-31)40(29)22-19-36(28-10-3-2-4-11-28)17-20-39(21-18-36)35(42)32-12-6-5-9-27(32)25-37/h2-14,29-31H,15-24H2,1H3. The van der Waals surface area contributed by atoms with Gasteiger partial charge in [0.25, 0.3) is 5.91 Å². The maximum absolute atomic E-state index is 13.4. The largest absolute Gasteiger partial charge is 0.339 e. The van der Waals surface area contributed by atoms with Crippen molar-refractivity contribution in [2.24, 2.45) is 0 Å². The summed E-state index contributed by atoms with van der Waals surface area (Å²) in [5, 5.41) is 9.54. The molecular weight excluding hydrogens is 518 g/mol. The molecule has 4 aromatic rings. The monoisotopic (exact) mass is 557 g/mol. The molecule has 2 atom stereocenters. The third-order valence-electron chi connectivity index (χ3n) is 10.5. The number of likely N-dealkylation sites (tertiary alicyclic amines) is 1. The van der Waals surface area contributed by atoms with Gasteiger partial charge in [0.2, 0.25) is 0 Å². The van der Waals surface area contributed by atoms with Crippen LogP contribution in [0.5, 0.6) is 0 Å². The van der Waals surface area contributed by atoms with E-state index in [1.54, 1.807) is 12.1 Å². The van der Waals surface area contributed by atoms with E-state index in [4.69, 9.17) is 4.98 Å². The summed E-state index contributed by atoms with van der Waals surface area (Å²) in [6.45, 7) is 4.70. The van der Waals surface area contributed by atoms with Crippen molar-refractivity contribution in [2.75, 3.05) is 19.6 Å². The highest BCUT2D eigenvalue weighted by molar-refractivity contribution is 5.96. The summed E-state index contributed by atoms with van der Waals surface area (Å²) < 4.78 is 2.51. The lowest BCUT2D eigenvalue weighted by atomic mass is 9.70. The predicted molar refractivity (Wildman–Crippen MR) is 165 cm³/mol. The Hall–Kier alpha value is -3.95. The van der Waals surface area contributed by atoms with Gasteiger partial charge in [0.1, 0.15) is 5.82 Å². The molecule has 0 radical (unpaired) electrons. The summed E-state index contributed by atoms with van der Waals surface area (Å²) in [6, 6.07) is 30.7. The van der Waals surface area contributed by atoms with Gasteiger partial charge in [-0.1, -0.05) is 54.6 Å². The minimum atomic E-state index is -0.0174. The maximum atomic E-state index is 13.4. The topological polar surface area (TPSA) is 65.2 Å². The number of benzene rings is 3. The van der Waals surface area contributed by atoms with Crippen LogP contribution in [0, 0.1) is 18.3 Å². The van der Waals surface area contributed by atoms with Crippen LogP contribution in [-0.2, 0) is 5.41 Å². The number of nitriles is 1. The number of aryl methyl sites for hydroxylation is 1.